The Balaban J connectivity index is 1.69. The number of aromatic nitrogens is 1. The van der Waals surface area contributed by atoms with Crippen molar-refractivity contribution in [1.29, 1.82) is 0 Å². The molecular weight excluding hydrogens is 376 g/mol. The third-order valence-electron chi connectivity index (χ3n) is 4.14. The Hall–Kier alpha value is -4.01. The monoisotopic (exact) mass is 396 g/mol. The number of methoxy groups -OCH3 is 1. The molecule has 2 aromatic carbocycles. The average molecular weight is 396 g/mol. The average Bonchev–Trinajstić information content (AvgIpc) is 3.22. The lowest BCUT2D eigenvalue weighted by Gasteiger charge is -2.14. The number of oxazole rings is 1. The number of anilines is 2. The first kappa shape index (κ1) is 19.7. The fourth-order valence-corrected chi connectivity index (χ4v) is 2.77. The molecule has 3 rings (SSSR count). The first-order valence-electron chi connectivity index (χ1n) is 8.70. The van der Waals surface area contributed by atoms with E-state index in [-0.39, 0.29) is 0 Å². The second-order valence-electron chi connectivity index (χ2n) is 6.16. The maximum atomic E-state index is 12.4. The molecule has 9 nitrogen and oxygen atoms in total. The number of carbonyl (C=O) groups is 2. The molecule has 1 aromatic heterocycles. The summed E-state index contributed by atoms with van der Waals surface area (Å²) in [6, 6.07) is 11.2. The van der Waals surface area contributed by atoms with Gasteiger partial charge in [-0.2, -0.15) is 0 Å². The normalized spacial score (nSPS) is 11.4. The van der Waals surface area contributed by atoms with E-state index in [9.17, 15) is 9.59 Å². The number of nitrogens with one attached hydrogen (secondary N) is 3. The number of urea groups is 1. The number of carboxylic acid groups (broad SMARTS) is 1. The van der Waals surface area contributed by atoms with E-state index in [2.05, 4.69) is 20.9 Å². The van der Waals surface area contributed by atoms with Crippen molar-refractivity contribution < 1.29 is 23.8 Å². The molecule has 9 heteroatoms. The fraction of sp³-hybridized carbons (Fsp3) is 0.150. The maximum Gasteiger partial charge on any atom is 0.405 e. The van der Waals surface area contributed by atoms with Gasteiger partial charge in [-0.1, -0.05) is 12.1 Å². The lowest BCUT2D eigenvalue weighted by atomic mass is 10.1. The van der Waals surface area contributed by atoms with Crippen molar-refractivity contribution in [1.82, 2.24) is 10.3 Å². The molecule has 0 aliphatic carbocycles. The Bertz CT molecular complexity index is 1000. The van der Waals surface area contributed by atoms with Crippen molar-refractivity contribution in [3.8, 4) is 17.1 Å². The third kappa shape index (κ3) is 5.04. The quantitative estimate of drug-likeness (QED) is 0.491. The van der Waals surface area contributed by atoms with Gasteiger partial charge in [0.05, 0.1) is 24.9 Å². The Labute approximate surface area is 166 Å². The minimum absolute atomic E-state index is 0.412. The third-order valence-corrected chi connectivity index (χ3v) is 4.14. The lowest BCUT2D eigenvalue weighted by molar-refractivity contribution is 0.191. The van der Waals surface area contributed by atoms with Crippen LogP contribution in [0.5, 0.6) is 5.75 Å². The van der Waals surface area contributed by atoms with Crippen LogP contribution >= 0.6 is 0 Å². The van der Waals surface area contributed by atoms with Crippen LogP contribution in [0.1, 0.15) is 18.5 Å². The van der Waals surface area contributed by atoms with Gasteiger partial charge in [0.15, 0.2) is 12.2 Å². The fourth-order valence-electron chi connectivity index (χ4n) is 2.77. The summed E-state index contributed by atoms with van der Waals surface area (Å²) in [6.45, 7) is 1.72. The molecule has 0 spiro atoms. The van der Waals surface area contributed by atoms with Gasteiger partial charge in [-0.3, -0.25) is 0 Å². The van der Waals surface area contributed by atoms with E-state index >= 15 is 0 Å². The van der Waals surface area contributed by atoms with E-state index in [1.165, 1.54) is 13.5 Å². The lowest BCUT2D eigenvalue weighted by Crippen LogP contribution is -2.24. The van der Waals surface area contributed by atoms with Crippen LogP contribution in [0.3, 0.4) is 0 Å². The standard InChI is InChI=1S/C20H20N4O5/c1-12(22-20(26)27)13-4-3-5-14(8-13)23-19(25)24-15-6-7-16(17(9-15)28-2)18-10-21-11-29-18/h3-12,22H,1-2H3,(H,26,27)(H2,23,24,25). The largest absolute Gasteiger partial charge is 0.496 e. The van der Waals surface area contributed by atoms with E-state index in [0.717, 1.165) is 5.56 Å². The van der Waals surface area contributed by atoms with Gasteiger partial charge in [-0.05, 0) is 36.8 Å². The summed E-state index contributed by atoms with van der Waals surface area (Å²) in [5, 5.41) is 16.7. The Kier molecular flexibility index (Phi) is 5.98. The predicted octanol–water partition coefficient (Wildman–Crippen LogP) is 4.32. The SMILES string of the molecule is COc1cc(NC(=O)Nc2cccc(C(C)NC(=O)O)c2)ccc1-c1cnco1. The molecule has 3 amide bonds. The number of hydrogen-bond acceptors (Lipinski definition) is 5. The molecule has 0 radical (unpaired) electrons. The Morgan fingerprint density at radius 3 is 2.55 bits per heavy atom. The first-order valence-corrected chi connectivity index (χ1v) is 8.70. The molecule has 0 saturated heterocycles. The summed E-state index contributed by atoms with van der Waals surface area (Å²) in [4.78, 5) is 27.0. The van der Waals surface area contributed by atoms with Crippen molar-refractivity contribution >= 4 is 23.5 Å². The van der Waals surface area contributed by atoms with Gasteiger partial charge >= 0.3 is 12.1 Å². The van der Waals surface area contributed by atoms with Gasteiger partial charge in [0.1, 0.15) is 5.75 Å². The van der Waals surface area contributed by atoms with Crippen LogP contribution < -0.4 is 20.7 Å². The second-order valence-corrected chi connectivity index (χ2v) is 6.16. The molecule has 1 unspecified atom stereocenters. The summed E-state index contributed by atoms with van der Waals surface area (Å²) in [7, 11) is 1.52. The zero-order chi connectivity index (χ0) is 20.8. The molecule has 4 N–H and O–H groups in total. The summed E-state index contributed by atoms with van der Waals surface area (Å²) in [5.41, 5.74) is 2.50. The van der Waals surface area contributed by atoms with Crippen LogP contribution in [0, 0.1) is 0 Å². The van der Waals surface area contributed by atoms with E-state index in [1.54, 1.807) is 55.6 Å². The highest BCUT2D eigenvalue weighted by atomic mass is 16.5. The highest BCUT2D eigenvalue weighted by Crippen LogP contribution is 2.32. The number of nitrogens with zero attached hydrogens (tertiary/aromatic N) is 1. The van der Waals surface area contributed by atoms with Crippen LogP contribution in [0.4, 0.5) is 21.0 Å². The first-order chi connectivity index (χ1) is 14.0. The van der Waals surface area contributed by atoms with Crippen molar-refractivity contribution in [3.63, 3.8) is 0 Å². The van der Waals surface area contributed by atoms with Crippen molar-refractivity contribution in [2.45, 2.75) is 13.0 Å². The van der Waals surface area contributed by atoms with Crippen molar-refractivity contribution in [3.05, 3.63) is 60.6 Å². The van der Waals surface area contributed by atoms with E-state index < -0.39 is 18.2 Å². The molecule has 0 saturated carbocycles. The summed E-state index contributed by atoms with van der Waals surface area (Å²) in [6.07, 6.45) is 1.79. The molecule has 1 atom stereocenters. The van der Waals surface area contributed by atoms with E-state index in [0.29, 0.717) is 28.4 Å². The minimum atomic E-state index is -1.11. The molecular formula is C20H20N4O5. The van der Waals surface area contributed by atoms with Gasteiger partial charge in [0.2, 0.25) is 0 Å². The second kappa shape index (κ2) is 8.79. The topological polar surface area (TPSA) is 126 Å². The van der Waals surface area contributed by atoms with Gasteiger partial charge in [-0.15, -0.1) is 0 Å². The maximum absolute atomic E-state index is 12.4. The Morgan fingerprint density at radius 1 is 1.14 bits per heavy atom. The van der Waals surface area contributed by atoms with Crippen LogP contribution in [0.15, 0.2) is 59.5 Å². The van der Waals surface area contributed by atoms with Gasteiger partial charge in [0.25, 0.3) is 0 Å². The highest BCUT2D eigenvalue weighted by molar-refractivity contribution is 6.00. The molecule has 0 aliphatic rings. The minimum Gasteiger partial charge on any atom is -0.496 e. The van der Waals surface area contributed by atoms with Gasteiger partial charge in [0, 0.05) is 17.4 Å². The molecule has 3 aromatic rings. The smallest absolute Gasteiger partial charge is 0.405 e. The van der Waals surface area contributed by atoms with Gasteiger partial charge < -0.3 is 30.2 Å². The zero-order valence-corrected chi connectivity index (χ0v) is 15.8. The van der Waals surface area contributed by atoms with Crippen molar-refractivity contribution in [2.75, 3.05) is 17.7 Å². The zero-order valence-electron chi connectivity index (χ0n) is 15.8. The van der Waals surface area contributed by atoms with Crippen molar-refractivity contribution in [2.24, 2.45) is 0 Å². The highest BCUT2D eigenvalue weighted by Gasteiger charge is 2.12. The van der Waals surface area contributed by atoms with Gasteiger partial charge in [-0.25, -0.2) is 14.6 Å². The molecule has 0 fully saturated rings. The number of rotatable bonds is 6. The summed E-state index contributed by atoms with van der Waals surface area (Å²) >= 11 is 0. The predicted molar refractivity (Wildman–Crippen MR) is 107 cm³/mol. The molecule has 150 valence electrons. The molecule has 1 heterocycles. The number of hydrogen-bond donors (Lipinski definition) is 4. The van der Waals surface area contributed by atoms with E-state index in [4.69, 9.17) is 14.3 Å². The summed E-state index contributed by atoms with van der Waals surface area (Å²) < 4.78 is 10.7. The number of benzene rings is 2. The number of carbonyl (C=O) groups excluding carboxylic acids is 1. The molecule has 29 heavy (non-hydrogen) atoms. The molecule has 0 bridgehead atoms. The number of ether oxygens (including phenoxy) is 1. The van der Waals surface area contributed by atoms with E-state index in [1.807, 2.05) is 0 Å². The van der Waals surface area contributed by atoms with Crippen LogP contribution in [-0.2, 0) is 0 Å². The molecule has 0 aliphatic heterocycles. The number of amides is 3. The van der Waals surface area contributed by atoms with Crippen LogP contribution in [0.25, 0.3) is 11.3 Å². The summed E-state index contributed by atoms with van der Waals surface area (Å²) in [5.74, 6) is 1.08. The van der Waals surface area contributed by atoms with Crippen LogP contribution in [0.2, 0.25) is 0 Å². The Morgan fingerprint density at radius 2 is 1.90 bits per heavy atom. The van der Waals surface area contributed by atoms with Crippen LogP contribution in [-0.4, -0.2) is 29.3 Å².